The fourth-order valence-corrected chi connectivity index (χ4v) is 2.26. The van der Waals surface area contributed by atoms with Gasteiger partial charge in [-0.05, 0) is 25.7 Å². The zero-order valence-corrected chi connectivity index (χ0v) is 12.1. The zero-order valence-electron chi connectivity index (χ0n) is 12.1. The Balaban J connectivity index is 2.83. The van der Waals surface area contributed by atoms with Crippen LogP contribution in [0.1, 0.15) is 33.6 Å². The molecule has 0 aliphatic carbocycles. The minimum atomic E-state index is -1.00. The van der Waals surface area contributed by atoms with Crippen LogP contribution < -0.4 is 11.1 Å². The van der Waals surface area contributed by atoms with Gasteiger partial charge in [0.15, 0.2) is 0 Å². The Bertz CT molecular complexity index is 395. The molecule has 7 nitrogen and oxygen atoms in total. The summed E-state index contributed by atoms with van der Waals surface area (Å²) >= 11 is 0. The number of carbonyl (C=O) groups is 3. The first kappa shape index (κ1) is 16.4. The van der Waals surface area contributed by atoms with E-state index in [0.29, 0.717) is 19.4 Å². The molecule has 0 aromatic rings. The number of nitrogens with one attached hydrogen (secondary N) is 1. The maximum absolute atomic E-state index is 12.5. The van der Waals surface area contributed by atoms with Gasteiger partial charge in [0.05, 0.1) is 6.04 Å². The number of carboxylic acids is 1. The molecule has 1 heterocycles. The topological polar surface area (TPSA) is 113 Å². The molecule has 0 unspecified atom stereocenters. The van der Waals surface area contributed by atoms with Crippen LogP contribution in [0.25, 0.3) is 0 Å². The molecule has 1 fully saturated rings. The second-order valence-corrected chi connectivity index (χ2v) is 5.55. The molecule has 0 aromatic heterocycles. The van der Waals surface area contributed by atoms with Crippen molar-refractivity contribution in [2.75, 3.05) is 6.54 Å². The minimum Gasteiger partial charge on any atom is -0.480 e. The Hall–Kier alpha value is -1.63. The van der Waals surface area contributed by atoms with Crippen molar-refractivity contribution in [1.82, 2.24) is 10.2 Å². The highest BCUT2D eigenvalue weighted by atomic mass is 16.4. The van der Waals surface area contributed by atoms with Crippen molar-refractivity contribution in [2.24, 2.45) is 11.7 Å². The van der Waals surface area contributed by atoms with Crippen LogP contribution in [0.4, 0.5) is 0 Å². The van der Waals surface area contributed by atoms with E-state index in [9.17, 15) is 14.4 Å². The quantitative estimate of drug-likeness (QED) is 0.633. The largest absolute Gasteiger partial charge is 0.480 e. The molecule has 1 saturated heterocycles. The summed E-state index contributed by atoms with van der Waals surface area (Å²) in [5, 5.41) is 11.7. The van der Waals surface area contributed by atoms with Gasteiger partial charge in [-0.25, -0.2) is 4.79 Å². The fourth-order valence-electron chi connectivity index (χ4n) is 2.26. The van der Waals surface area contributed by atoms with Crippen LogP contribution in [0.2, 0.25) is 0 Å². The summed E-state index contributed by atoms with van der Waals surface area (Å²) in [6.45, 7) is 5.55. The van der Waals surface area contributed by atoms with Gasteiger partial charge in [-0.1, -0.05) is 13.8 Å². The Labute approximate surface area is 118 Å². The molecule has 20 heavy (non-hydrogen) atoms. The summed E-state index contributed by atoms with van der Waals surface area (Å²) < 4.78 is 0. The molecular weight excluding hydrogens is 262 g/mol. The standard InChI is InChI=1S/C13H23N3O4/c1-7(2)10(15-11(17)8(3)14)12(18)16-6-4-5-9(16)13(19)20/h7-10H,4-6,14H2,1-3H3,(H,15,17)(H,19,20)/t8-,9+,10-/m0/s1. The van der Waals surface area contributed by atoms with Gasteiger partial charge in [0.1, 0.15) is 12.1 Å². The number of hydrogen-bond acceptors (Lipinski definition) is 4. The molecule has 0 saturated carbocycles. The van der Waals surface area contributed by atoms with Crippen molar-refractivity contribution in [2.45, 2.75) is 51.7 Å². The predicted molar refractivity (Wildman–Crippen MR) is 72.8 cm³/mol. The third-order valence-corrected chi connectivity index (χ3v) is 3.46. The number of hydrogen-bond donors (Lipinski definition) is 3. The molecule has 0 radical (unpaired) electrons. The first-order valence-corrected chi connectivity index (χ1v) is 6.85. The normalized spacial score (nSPS) is 21.6. The van der Waals surface area contributed by atoms with Crippen molar-refractivity contribution < 1.29 is 19.5 Å². The average Bonchev–Trinajstić information content (AvgIpc) is 2.83. The minimum absolute atomic E-state index is 0.139. The van der Waals surface area contributed by atoms with E-state index in [1.807, 2.05) is 0 Å². The molecule has 1 aliphatic rings. The van der Waals surface area contributed by atoms with Gasteiger partial charge in [0.2, 0.25) is 11.8 Å². The van der Waals surface area contributed by atoms with Gasteiger partial charge >= 0.3 is 5.97 Å². The van der Waals surface area contributed by atoms with Crippen LogP contribution >= 0.6 is 0 Å². The molecule has 4 N–H and O–H groups in total. The molecule has 1 aliphatic heterocycles. The number of rotatable bonds is 5. The number of amides is 2. The third-order valence-electron chi connectivity index (χ3n) is 3.46. The molecule has 1 rings (SSSR count). The molecule has 0 spiro atoms. The second kappa shape index (κ2) is 6.69. The lowest BCUT2D eigenvalue weighted by Gasteiger charge is -2.29. The van der Waals surface area contributed by atoms with Crippen LogP contribution in [-0.2, 0) is 14.4 Å². The van der Waals surface area contributed by atoms with Crippen LogP contribution in [-0.4, -0.2) is 52.5 Å². The fraction of sp³-hybridized carbons (Fsp3) is 0.769. The lowest BCUT2D eigenvalue weighted by Crippen LogP contribution is -2.56. The Morgan fingerprint density at radius 3 is 2.35 bits per heavy atom. The number of carbonyl (C=O) groups excluding carboxylic acids is 2. The molecule has 7 heteroatoms. The summed E-state index contributed by atoms with van der Waals surface area (Å²) in [6, 6.07) is -2.25. The second-order valence-electron chi connectivity index (χ2n) is 5.55. The Kier molecular flexibility index (Phi) is 5.50. The number of nitrogens with two attached hydrogens (primary N) is 1. The van der Waals surface area contributed by atoms with Crippen molar-refractivity contribution in [3.05, 3.63) is 0 Å². The highest BCUT2D eigenvalue weighted by Gasteiger charge is 2.38. The third kappa shape index (κ3) is 3.69. The van der Waals surface area contributed by atoms with Crippen molar-refractivity contribution in [3.63, 3.8) is 0 Å². The Morgan fingerprint density at radius 2 is 1.90 bits per heavy atom. The van der Waals surface area contributed by atoms with E-state index in [1.165, 1.54) is 11.8 Å². The maximum atomic E-state index is 12.5. The van der Waals surface area contributed by atoms with Gasteiger partial charge in [-0.2, -0.15) is 0 Å². The number of aliphatic carboxylic acids is 1. The van der Waals surface area contributed by atoms with Crippen molar-refractivity contribution in [1.29, 1.82) is 0 Å². The van der Waals surface area contributed by atoms with E-state index in [4.69, 9.17) is 10.8 Å². The lowest BCUT2D eigenvalue weighted by molar-refractivity contribution is -0.150. The van der Waals surface area contributed by atoms with Gasteiger partial charge < -0.3 is 21.1 Å². The first-order valence-electron chi connectivity index (χ1n) is 6.85. The van der Waals surface area contributed by atoms with Gasteiger partial charge in [0.25, 0.3) is 0 Å². The first-order chi connectivity index (χ1) is 9.25. The van der Waals surface area contributed by atoms with Crippen molar-refractivity contribution in [3.8, 4) is 0 Å². The van der Waals surface area contributed by atoms with E-state index in [2.05, 4.69) is 5.32 Å². The zero-order chi connectivity index (χ0) is 15.4. The Morgan fingerprint density at radius 1 is 1.30 bits per heavy atom. The van der Waals surface area contributed by atoms with Gasteiger partial charge in [-0.15, -0.1) is 0 Å². The maximum Gasteiger partial charge on any atom is 0.326 e. The molecule has 0 bridgehead atoms. The predicted octanol–water partition coefficient (Wildman–Crippen LogP) is -0.450. The molecule has 2 amide bonds. The summed E-state index contributed by atoms with van der Waals surface area (Å²) in [5.74, 6) is -1.90. The number of nitrogens with zero attached hydrogens (tertiary/aromatic N) is 1. The van der Waals surface area contributed by atoms with E-state index >= 15 is 0 Å². The smallest absolute Gasteiger partial charge is 0.326 e. The summed E-state index contributed by atoms with van der Waals surface area (Å²) in [7, 11) is 0. The van der Waals surface area contributed by atoms with Crippen molar-refractivity contribution >= 4 is 17.8 Å². The van der Waals surface area contributed by atoms with Gasteiger partial charge in [0, 0.05) is 6.54 Å². The van der Waals surface area contributed by atoms with E-state index in [1.54, 1.807) is 13.8 Å². The SMILES string of the molecule is CC(C)[C@H](NC(=O)[C@H](C)N)C(=O)N1CCC[C@@H]1C(=O)O. The monoisotopic (exact) mass is 285 g/mol. The van der Waals surface area contributed by atoms with Gasteiger partial charge in [-0.3, -0.25) is 9.59 Å². The number of carboxylic acid groups (broad SMARTS) is 1. The van der Waals surface area contributed by atoms with Crippen LogP contribution in [0.15, 0.2) is 0 Å². The highest BCUT2D eigenvalue weighted by molar-refractivity contribution is 5.92. The van der Waals surface area contributed by atoms with E-state index < -0.39 is 30.0 Å². The van der Waals surface area contributed by atoms with Crippen LogP contribution in [0, 0.1) is 5.92 Å². The highest BCUT2D eigenvalue weighted by Crippen LogP contribution is 2.20. The van der Waals surface area contributed by atoms with E-state index in [-0.39, 0.29) is 11.8 Å². The summed E-state index contributed by atoms with van der Waals surface area (Å²) in [4.78, 5) is 36.6. The molecular formula is C13H23N3O4. The van der Waals surface area contributed by atoms with E-state index in [0.717, 1.165) is 0 Å². The molecule has 0 aromatic carbocycles. The average molecular weight is 285 g/mol. The lowest BCUT2D eigenvalue weighted by atomic mass is 10.0. The molecule has 3 atom stereocenters. The summed E-state index contributed by atoms with van der Waals surface area (Å²) in [6.07, 6.45) is 1.11. The summed E-state index contributed by atoms with van der Waals surface area (Å²) in [5.41, 5.74) is 5.48. The van der Waals surface area contributed by atoms with Crippen LogP contribution in [0.3, 0.4) is 0 Å². The molecule has 114 valence electrons. The number of likely N-dealkylation sites (tertiary alicyclic amines) is 1. The van der Waals surface area contributed by atoms with Crippen LogP contribution in [0.5, 0.6) is 0 Å².